The van der Waals surface area contributed by atoms with Crippen LogP contribution in [-0.4, -0.2) is 17.8 Å². The molecule has 0 saturated carbocycles. The standard InChI is InChI=1S/C10H20BrNO/c1-3-9(2)10(13)12-8-6-4-5-7-11/h9H,3-8H2,1-2H3,(H,12,13). The van der Waals surface area contributed by atoms with Crippen molar-refractivity contribution in [2.75, 3.05) is 11.9 Å². The molecule has 13 heavy (non-hydrogen) atoms. The van der Waals surface area contributed by atoms with Crippen LogP contribution in [0.1, 0.15) is 39.5 Å². The van der Waals surface area contributed by atoms with Crippen LogP contribution in [-0.2, 0) is 4.79 Å². The van der Waals surface area contributed by atoms with Crippen molar-refractivity contribution in [3.05, 3.63) is 0 Å². The van der Waals surface area contributed by atoms with Crippen LogP contribution in [0.3, 0.4) is 0 Å². The van der Waals surface area contributed by atoms with Crippen LogP contribution in [0, 0.1) is 5.92 Å². The quantitative estimate of drug-likeness (QED) is 0.546. The van der Waals surface area contributed by atoms with E-state index in [1.165, 1.54) is 12.8 Å². The van der Waals surface area contributed by atoms with E-state index >= 15 is 0 Å². The van der Waals surface area contributed by atoms with E-state index < -0.39 is 0 Å². The summed E-state index contributed by atoms with van der Waals surface area (Å²) in [5, 5.41) is 4.00. The highest BCUT2D eigenvalue weighted by Gasteiger charge is 2.08. The number of nitrogens with one attached hydrogen (secondary N) is 1. The number of carbonyl (C=O) groups is 1. The number of amides is 1. The van der Waals surface area contributed by atoms with Gasteiger partial charge in [0.1, 0.15) is 0 Å². The summed E-state index contributed by atoms with van der Waals surface area (Å²) in [5.74, 6) is 0.359. The predicted molar refractivity (Wildman–Crippen MR) is 60.1 cm³/mol. The van der Waals surface area contributed by atoms with Crippen LogP contribution in [0.25, 0.3) is 0 Å². The molecule has 1 amide bonds. The number of rotatable bonds is 7. The summed E-state index contributed by atoms with van der Waals surface area (Å²) >= 11 is 3.38. The molecule has 0 aromatic heterocycles. The van der Waals surface area contributed by atoms with Gasteiger partial charge < -0.3 is 5.32 Å². The van der Waals surface area contributed by atoms with Crippen LogP contribution in [0.5, 0.6) is 0 Å². The van der Waals surface area contributed by atoms with E-state index in [1.807, 2.05) is 13.8 Å². The van der Waals surface area contributed by atoms with Crippen molar-refractivity contribution in [1.29, 1.82) is 0 Å². The Balaban J connectivity index is 3.27. The second kappa shape index (κ2) is 8.54. The smallest absolute Gasteiger partial charge is 0.222 e. The highest BCUT2D eigenvalue weighted by Crippen LogP contribution is 2.01. The minimum atomic E-state index is 0.163. The van der Waals surface area contributed by atoms with E-state index in [0.29, 0.717) is 0 Å². The topological polar surface area (TPSA) is 29.1 Å². The van der Waals surface area contributed by atoms with E-state index in [2.05, 4.69) is 21.2 Å². The molecular weight excluding hydrogens is 230 g/mol. The average molecular weight is 250 g/mol. The Kier molecular flexibility index (Phi) is 8.51. The fourth-order valence-electron chi connectivity index (χ4n) is 0.967. The molecule has 0 bridgehead atoms. The Morgan fingerprint density at radius 2 is 2.08 bits per heavy atom. The van der Waals surface area contributed by atoms with Gasteiger partial charge in [-0.2, -0.15) is 0 Å². The lowest BCUT2D eigenvalue weighted by Gasteiger charge is -2.09. The summed E-state index contributed by atoms with van der Waals surface area (Å²) in [7, 11) is 0. The largest absolute Gasteiger partial charge is 0.356 e. The third-order valence-electron chi connectivity index (χ3n) is 2.17. The van der Waals surface area contributed by atoms with Crippen LogP contribution < -0.4 is 5.32 Å². The lowest BCUT2D eigenvalue weighted by Crippen LogP contribution is -2.29. The normalized spacial score (nSPS) is 12.5. The van der Waals surface area contributed by atoms with Gasteiger partial charge in [0.2, 0.25) is 5.91 Å². The second-order valence-electron chi connectivity index (χ2n) is 3.35. The molecule has 78 valence electrons. The SMILES string of the molecule is CCC(C)C(=O)NCCCCCBr. The average Bonchev–Trinajstić information content (AvgIpc) is 2.16. The Bertz CT molecular complexity index is 139. The molecule has 0 saturated heterocycles. The van der Waals surface area contributed by atoms with Crippen molar-refractivity contribution >= 4 is 21.8 Å². The Hall–Kier alpha value is -0.0500. The van der Waals surface area contributed by atoms with E-state index in [0.717, 1.165) is 24.7 Å². The van der Waals surface area contributed by atoms with Gasteiger partial charge in [0.25, 0.3) is 0 Å². The maximum atomic E-state index is 11.3. The van der Waals surface area contributed by atoms with E-state index in [9.17, 15) is 4.79 Å². The van der Waals surface area contributed by atoms with Crippen LogP contribution in [0.15, 0.2) is 0 Å². The zero-order valence-electron chi connectivity index (χ0n) is 8.61. The van der Waals surface area contributed by atoms with Crippen molar-refractivity contribution in [1.82, 2.24) is 5.32 Å². The first-order valence-corrected chi connectivity index (χ1v) is 6.18. The van der Waals surface area contributed by atoms with Crippen molar-refractivity contribution in [3.63, 3.8) is 0 Å². The Morgan fingerprint density at radius 3 is 2.62 bits per heavy atom. The van der Waals surface area contributed by atoms with E-state index in [1.54, 1.807) is 0 Å². The number of hydrogen-bond donors (Lipinski definition) is 1. The monoisotopic (exact) mass is 249 g/mol. The zero-order chi connectivity index (χ0) is 10.1. The van der Waals surface area contributed by atoms with Crippen molar-refractivity contribution < 1.29 is 4.79 Å². The van der Waals surface area contributed by atoms with Crippen LogP contribution >= 0.6 is 15.9 Å². The first-order chi connectivity index (χ1) is 6.22. The highest BCUT2D eigenvalue weighted by atomic mass is 79.9. The third-order valence-corrected chi connectivity index (χ3v) is 2.73. The molecule has 0 aliphatic rings. The van der Waals surface area contributed by atoms with Gasteiger partial charge in [0.15, 0.2) is 0 Å². The number of unbranched alkanes of at least 4 members (excludes halogenated alkanes) is 2. The van der Waals surface area contributed by atoms with Gasteiger partial charge in [-0.15, -0.1) is 0 Å². The van der Waals surface area contributed by atoms with Gasteiger partial charge in [0.05, 0.1) is 0 Å². The molecule has 0 aromatic rings. The maximum Gasteiger partial charge on any atom is 0.222 e. The van der Waals surface area contributed by atoms with Crippen molar-refractivity contribution in [2.24, 2.45) is 5.92 Å². The molecule has 0 aromatic carbocycles. The van der Waals surface area contributed by atoms with Gasteiger partial charge in [-0.25, -0.2) is 0 Å². The Labute approximate surface area is 89.6 Å². The fraction of sp³-hybridized carbons (Fsp3) is 0.900. The first kappa shape index (κ1) is 12.9. The lowest BCUT2D eigenvalue weighted by molar-refractivity contribution is -0.124. The molecule has 1 atom stereocenters. The number of hydrogen-bond acceptors (Lipinski definition) is 1. The third kappa shape index (κ3) is 7.05. The van der Waals surface area contributed by atoms with Gasteiger partial charge in [-0.05, 0) is 19.3 Å². The molecule has 1 unspecified atom stereocenters. The predicted octanol–water partition coefficient (Wildman–Crippen LogP) is 2.71. The number of halogens is 1. The molecule has 1 N–H and O–H groups in total. The van der Waals surface area contributed by atoms with Gasteiger partial charge in [-0.3, -0.25) is 4.79 Å². The minimum absolute atomic E-state index is 0.163. The van der Waals surface area contributed by atoms with Crippen LogP contribution in [0.2, 0.25) is 0 Å². The van der Waals surface area contributed by atoms with Gasteiger partial charge in [-0.1, -0.05) is 36.2 Å². The number of carbonyl (C=O) groups excluding carboxylic acids is 1. The molecular formula is C10H20BrNO. The molecule has 2 nitrogen and oxygen atoms in total. The number of alkyl halides is 1. The lowest BCUT2D eigenvalue weighted by atomic mass is 10.1. The molecule has 0 fully saturated rings. The second-order valence-corrected chi connectivity index (χ2v) is 4.14. The molecule has 0 aliphatic carbocycles. The molecule has 0 radical (unpaired) electrons. The van der Waals surface area contributed by atoms with Crippen LogP contribution in [0.4, 0.5) is 0 Å². The van der Waals surface area contributed by atoms with E-state index in [-0.39, 0.29) is 11.8 Å². The van der Waals surface area contributed by atoms with Crippen molar-refractivity contribution in [2.45, 2.75) is 39.5 Å². The summed E-state index contributed by atoms with van der Waals surface area (Å²) in [6.45, 7) is 4.83. The van der Waals surface area contributed by atoms with E-state index in [4.69, 9.17) is 0 Å². The molecule has 0 rings (SSSR count). The first-order valence-electron chi connectivity index (χ1n) is 5.06. The molecule has 0 aliphatic heterocycles. The summed E-state index contributed by atoms with van der Waals surface area (Å²) in [6, 6.07) is 0. The molecule has 0 spiro atoms. The minimum Gasteiger partial charge on any atom is -0.356 e. The Morgan fingerprint density at radius 1 is 1.38 bits per heavy atom. The zero-order valence-corrected chi connectivity index (χ0v) is 10.2. The molecule has 3 heteroatoms. The maximum absolute atomic E-state index is 11.3. The molecule has 0 heterocycles. The van der Waals surface area contributed by atoms with Gasteiger partial charge in [0, 0.05) is 17.8 Å². The fourth-order valence-corrected chi connectivity index (χ4v) is 1.36. The summed E-state index contributed by atoms with van der Waals surface area (Å²) in [6.07, 6.45) is 4.40. The van der Waals surface area contributed by atoms with Gasteiger partial charge >= 0.3 is 0 Å². The highest BCUT2D eigenvalue weighted by molar-refractivity contribution is 9.09. The summed E-state index contributed by atoms with van der Waals surface area (Å²) in [4.78, 5) is 11.3. The summed E-state index contributed by atoms with van der Waals surface area (Å²) < 4.78 is 0. The van der Waals surface area contributed by atoms with Crippen molar-refractivity contribution in [3.8, 4) is 0 Å². The summed E-state index contributed by atoms with van der Waals surface area (Å²) in [5.41, 5.74) is 0.